The first-order chi connectivity index (χ1) is 10.6. The number of rotatable bonds is 4. The molecule has 112 valence electrons. The smallest absolute Gasteiger partial charge is 0.267 e. The lowest BCUT2D eigenvalue weighted by Gasteiger charge is -2.12. The predicted octanol–water partition coefficient (Wildman–Crippen LogP) is 3.06. The fraction of sp³-hybridized carbons (Fsp3) is 0.176. The third-order valence-electron chi connectivity index (χ3n) is 3.47. The molecule has 2 aromatic heterocycles. The molecule has 0 aliphatic heterocycles. The molecule has 3 rings (SSSR count). The van der Waals surface area contributed by atoms with Gasteiger partial charge in [-0.15, -0.1) is 0 Å². The lowest BCUT2D eigenvalue weighted by Crippen LogP contribution is -2.34. The molecule has 2 N–H and O–H groups in total. The van der Waals surface area contributed by atoms with Crippen molar-refractivity contribution in [3.63, 3.8) is 0 Å². The van der Waals surface area contributed by atoms with Gasteiger partial charge in [-0.1, -0.05) is 12.1 Å². The van der Waals surface area contributed by atoms with Crippen molar-refractivity contribution >= 4 is 16.8 Å². The fourth-order valence-corrected chi connectivity index (χ4v) is 2.43. The standard InChI is InChI=1S/C17H16FN3O/c1-11(9-12-5-2-3-8-19-12)20-17(22)16-10-13-14(18)6-4-7-15(13)21-16/h2-8,10-11,21H,9H2,1H3,(H,20,22)/t11-/m1/s1. The molecule has 0 unspecified atom stereocenters. The Morgan fingerprint density at radius 2 is 2.18 bits per heavy atom. The molecule has 1 atom stereocenters. The highest BCUT2D eigenvalue weighted by atomic mass is 19.1. The summed E-state index contributed by atoms with van der Waals surface area (Å²) in [6, 6.07) is 11.9. The molecule has 0 aliphatic carbocycles. The normalized spacial score (nSPS) is 12.3. The number of carbonyl (C=O) groups excluding carboxylic acids is 1. The molecule has 22 heavy (non-hydrogen) atoms. The van der Waals surface area contributed by atoms with Crippen LogP contribution in [0.25, 0.3) is 10.9 Å². The van der Waals surface area contributed by atoms with E-state index in [0.717, 1.165) is 5.69 Å². The number of aromatic amines is 1. The van der Waals surface area contributed by atoms with Crippen molar-refractivity contribution in [1.82, 2.24) is 15.3 Å². The monoisotopic (exact) mass is 297 g/mol. The van der Waals surface area contributed by atoms with E-state index in [0.29, 0.717) is 23.0 Å². The van der Waals surface area contributed by atoms with E-state index in [1.54, 1.807) is 18.3 Å². The Hall–Kier alpha value is -2.69. The summed E-state index contributed by atoms with van der Waals surface area (Å²) in [5, 5.41) is 3.31. The number of nitrogens with one attached hydrogen (secondary N) is 2. The second-order valence-electron chi connectivity index (χ2n) is 5.28. The number of halogens is 1. The molecule has 0 fully saturated rings. The Morgan fingerprint density at radius 1 is 1.32 bits per heavy atom. The summed E-state index contributed by atoms with van der Waals surface area (Å²) >= 11 is 0. The van der Waals surface area contributed by atoms with Gasteiger partial charge >= 0.3 is 0 Å². The average molecular weight is 297 g/mol. The second-order valence-corrected chi connectivity index (χ2v) is 5.28. The van der Waals surface area contributed by atoms with Crippen molar-refractivity contribution in [3.05, 3.63) is 65.9 Å². The summed E-state index contributed by atoms with van der Waals surface area (Å²) in [7, 11) is 0. The Labute approximate surface area is 127 Å². The second kappa shape index (κ2) is 5.97. The van der Waals surface area contributed by atoms with Crippen molar-refractivity contribution in [3.8, 4) is 0 Å². The maximum absolute atomic E-state index is 13.7. The van der Waals surface area contributed by atoms with Gasteiger partial charge in [-0.2, -0.15) is 0 Å². The number of H-pyrrole nitrogens is 1. The van der Waals surface area contributed by atoms with Gasteiger partial charge in [0.05, 0.1) is 0 Å². The zero-order chi connectivity index (χ0) is 15.5. The number of aromatic nitrogens is 2. The zero-order valence-electron chi connectivity index (χ0n) is 12.1. The minimum Gasteiger partial charge on any atom is -0.350 e. The van der Waals surface area contributed by atoms with Crippen molar-refractivity contribution in [1.29, 1.82) is 0 Å². The van der Waals surface area contributed by atoms with Crippen molar-refractivity contribution < 1.29 is 9.18 Å². The van der Waals surface area contributed by atoms with Crippen LogP contribution < -0.4 is 5.32 Å². The highest BCUT2D eigenvalue weighted by molar-refractivity contribution is 5.98. The number of hydrogen-bond acceptors (Lipinski definition) is 2. The van der Waals surface area contributed by atoms with E-state index >= 15 is 0 Å². The van der Waals surface area contributed by atoms with Gasteiger partial charge in [-0.05, 0) is 37.3 Å². The Balaban J connectivity index is 1.71. The fourth-order valence-electron chi connectivity index (χ4n) is 2.43. The molecular formula is C17H16FN3O. The van der Waals surface area contributed by atoms with E-state index in [4.69, 9.17) is 0 Å². The average Bonchev–Trinajstić information content (AvgIpc) is 2.94. The minimum absolute atomic E-state index is 0.0707. The first-order valence-corrected chi connectivity index (χ1v) is 7.11. The summed E-state index contributed by atoms with van der Waals surface area (Å²) in [5.41, 5.74) is 1.88. The topological polar surface area (TPSA) is 57.8 Å². The summed E-state index contributed by atoms with van der Waals surface area (Å²) < 4.78 is 13.7. The molecule has 0 bridgehead atoms. The molecule has 5 heteroatoms. The van der Waals surface area contributed by atoms with E-state index in [2.05, 4.69) is 15.3 Å². The van der Waals surface area contributed by atoms with Crippen LogP contribution in [0.2, 0.25) is 0 Å². The Morgan fingerprint density at radius 3 is 2.91 bits per heavy atom. The van der Waals surface area contributed by atoms with Crippen molar-refractivity contribution in [2.24, 2.45) is 0 Å². The number of fused-ring (bicyclic) bond motifs is 1. The molecule has 3 aromatic rings. The highest BCUT2D eigenvalue weighted by Crippen LogP contribution is 2.18. The number of benzene rings is 1. The van der Waals surface area contributed by atoms with Crippen LogP contribution in [0.4, 0.5) is 4.39 Å². The molecule has 0 radical (unpaired) electrons. The van der Waals surface area contributed by atoms with E-state index in [1.165, 1.54) is 12.1 Å². The number of nitrogens with zero attached hydrogens (tertiary/aromatic N) is 1. The predicted molar refractivity (Wildman–Crippen MR) is 83.1 cm³/mol. The molecule has 2 heterocycles. The molecule has 1 amide bonds. The molecule has 0 saturated heterocycles. The highest BCUT2D eigenvalue weighted by Gasteiger charge is 2.14. The van der Waals surface area contributed by atoms with Crippen LogP contribution in [0, 0.1) is 5.82 Å². The van der Waals surface area contributed by atoms with E-state index in [1.807, 2.05) is 25.1 Å². The molecule has 0 aliphatic rings. The van der Waals surface area contributed by atoms with Gasteiger partial charge < -0.3 is 10.3 Å². The van der Waals surface area contributed by atoms with E-state index < -0.39 is 0 Å². The summed E-state index contributed by atoms with van der Waals surface area (Å²) in [4.78, 5) is 19.4. The van der Waals surface area contributed by atoms with Crippen LogP contribution in [0.5, 0.6) is 0 Å². The Bertz CT molecular complexity index is 798. The molecule has 0 saturated carbocycles. The van der Waals surface area contributed by atoms with Gasteiger partial charge in [-0.25, -0.2) is 4.39 Å². The summed E-state index contributed by atoms with van der Waals surface area (Å²) in [5.74, 6) is -0.589. The largest absolute Gasteiger partial charge is 0.350 e. The van der Waals surface area contributed by atoms with Crippen LogP contribution in [-0.2, 0) is 6.42 Å². The first-order valence-electron chi connectivity index (χ1n) is 7.11. The molecular weight excluding hydrogens is 281 g/mol. The van der Waals surface area contributed by atoms with Crippen LogP contribution in [-0.4, -0.2) is 21.9 Å². The Kier molecular flexibility index (Phi) is 3.87. The number of carbonyl (C=O) groups is 1. The third kappa shape index (κ3) is 2.98. The van der Waals surface area contributed by atoms with Gasteiger partial charge in [0.15, 0.2) is 0 Å². The van der Waals surface area contributed by atoms with E-state index in [-0.39, 0.29) is 17.8 Å². The van der Waals surface area contributed by atoms with Crippen LogP contribution in [0.15, 0.2) is 48.7 Å². The van der Waals surface area contributed by atoms with Crippen molar-refractivity contribution in [2.45, 2.75) is 19.4 Å². The van der Waals surface area contributed by atoms with Crippen molar-refractivity contribution in [2.75, 3.05) is 0 Å². The lowest BCUT2D eigenvalue weighted by atomic mass is 10.1. The number of hydrogen-bond donors (Lipinski definition) is 2. The minimum atomic E-state index is -0.339. The summed E-state index contributed by atoms with van der Waals surface area (Å²) in [6.45, 7) is 1.91. The quantitative estimate of drug-likeness (QED) is 0.777. The first kappa shape index (κ1) is 14.3. The van der Waals surface area contributed by atoms with Crippen LogP contribution in [0.1, 0.15) is 23.1 Å². The zero-order valence-corrected chi connectivity index (χ0v) is 12.1. The molecule has 1 aromatic carbocycles. The molecule has 4 nitrogen and oxygen atoms in total. The lowest BCUT2D eigenvalue weighted by molar-refractivity contribution is 0.0936. The SMILES string of the molecule is C[C@H](Cc1ccccn1)NC(=O)c1cc2c(F)cccc2[nH]1. The van der Waals surface area contributed by atoms with Gasteiger partial charge in [-0.3, -0.25) is 9.78 Å². The summed E-state index contributed by atoms with van der Waals surface area (Å²) in [6.07, 6.45) is 2.37. The number of amides is 1. The number of pyridine rings is 1. The van der Waals surface area contributed by atoms with Crippen LogP contribution in [0.3, 0.4) is 0 Å². The van der Waals surface area contributed by atoms with Gasteiger partial charge in [0.25, 0.3) is 5.91 Å². The van der Waals surface area contributed by atoms with Crippen LogP contribution >= 0.6 is 0 Å². The van der Waals surface area contributed by atoms with Gasteiger partial charge in [0, 0.05) is 35.3 Å². The van der Waals surface area contributed by atoms with E-state index in [9.17, 15) is 9.18 Å². The maximum Gasteiger partial charge on any atom is 0.267 e. The third-order valence-corrected chi connectivity index (χ3v) is 3.47. The molecule has 0 spiro atoms. The van der Waals surface area contributed by atoms with Gasteiger partial charge in [0.1, 0.15) is 11.5 Å². The van der Waals surface area contributed by atoms with Gasteiger partial charge in [0.2, 0.25) is 0 Å². The maximum atomic E-state index is 13.7.